The highest BCUT2D eigenvalue weighted by molar-refractivity contribution is 6.78. The second kappa shape index (κ2) is 7.44. The molecule has 1 nitrogen and oxygen atoms in total. The average molecular weight is 395 g/mol. The van der Waals surface area contributed by atoms with E-state index in [2.05, 4.69) is 95.5 Å². The number of aromatic nitrogens is 1. The van der Waals surface area contributed by atoms with Crippen molar-refractivity contribution >= 4 is 8.07 Å². The highest BCUT2D eigenvalue weighted by Gasteiger charge is 2.38. The molecule has 0 radical (unpaired) electrons. The Balaban J connectivity index is 1.96. The van der Waals surface area contributed by atoms with Crippen LogP contribution in [0.25, 0.3) is 11.3 Å². The summed E-state index contributed by atoms with van der Waals surface area (Å²) in [5.74, 6) is 0. The van der Waals surface area contributed by atoms with Crippen molar-refractivity contribution in [2.45, 2.75) is 89.9 Å². The quantitative estimate of drug-likeness (QED) is 0.394. The lowest BCUT2D eigenvalue weighted by Gasteiger charge is -2.36. The molecule has 2 heteroatoms. The van der Waals surface area contributed by atoms with Crippen LogP contribution in [0, 0.1) is 6.92 Å². The van der Waals surface area contributed by atoms with Gasteiger partial charge in [0.2, 0.25) is 5.69 Å². The van der Waals surface area contributed by atoms with E-state index in [-0.39, 0.29) is 5.04 Å². The molecule has 3 rings (SSSR count). The van der Waals surface area contributed by atoms with Crippen LogP contribution in [0.4, 0.5) is 0 Å². The maximum Gasteiger partial charge on any atom is 0.212 e. The summed E-state index contributed by atoms with van der Waals surface area (Å²) in [5, 5.41) is 0.262. The second-order valence-corrected chi connectivity index (χ2v) is 16.7. The SMILES string of the molecule is Cc1cc(C2(C)CCCCC2)ccc1-c1ccc(C(C)(C)[Si](C)(C)C)c[n+]1C. The summed E-state index contributed by atoms with van der Waals surface area (Å²) in [6.07, 6.45) is 9.19. The fourth-order valence-electron chi connectivity index (χ4n) is 4.64. The van der Waals surface area contributed by atoms with Crippen molar-refractivity contribution in [3.63, 3.8) is 0 Å². The molecule has 1 aliphatic carbocycles. The van der Waals surface area contributed by atoms with E-state index in [1.807, 2.05) is 0 Å². The van der Waals surface area contributed by atoms with E-state index >= 15 is 0 Å². The van der Waals surface area contributed by atoms with Crippen LogP contribution in [-0.2, 0) is 17.5 Å². The summed E-state index contributed by atoms with van der Waals surface area (Å²) < 4.78 is 2.33. The largest absolute Gasteiger partial charge is 0.212 e. The van der Waals surface area contributed by atoms with Gasteiger partial charge in [-0.15, -0.1) is 0 Å². The van der Waals surface area contributed by atoms with Gasteiger partial charge in [-0.05, 0) is 53.5 Å². The van der Waals surface area contributed by atoms with Crippen molar-refractivity contribution in [1.82, 2.24) is 0 Å². The average Bonchev–Trinajstić information content (AvgIpc) is 2.61. The first-order valence-corrected chi connectivity index (χ1v) is 14.6. The summed E-state index contributed by atoms with van der Waals surface area (Å²) in [4.78, 5) is 0. The van der Waals surface area contributed by atoms with Gasteiger partial charge in [-0.1, -0.05) is 71.8 Å². The topological polar surface area (TPSA) is 3.88 Å². The van der Waals surface area contributed by atoms with E-state index in [0.717, 1.165) is 0 Å². The number of pyridine rings is 1. The van der Waals surface area contributed by atoms with E-state index in [9.17, 15) is 0 Å². The molecule has 1 heterocycles. The molecule has 28 heavy (non-hydrogen) atoms. The normalized spacial score (nSPS) is 17.6. The van der Waals surface area contributed by atoms with Gasteiger partial charge in [-0.25, -0.2) is 4.57 Å². The minimum atomic E-state index is -1.30. The van der Waals surface area contributed by atoms with Crippen LogP contribution in [0.5, 0.6) is 0 Å². The summed E-state index contributed by atoms with van der Waals surface area (Å²) in [6, 6.07) is 11.9. The Labute approximate surface area is 174 Å². The Morgan fingerprint density at radius 3 is 2.14 bits per heavy atom. The molecule has 1 aliphatic rings. The van der Waals surface area contributed by atoms with Gasteiger partial charge in [0.05, 0.1) is 8.07 Å². The summed E-state index contributed by atoms with van der Waals surface area (Å²) in [6.45, 7) is 17.0. The fraction of sp³-hybridized carbons (Fsp3) is 0.577. The van der Waals surface area contributed by atoms with Crippen molar-refractivity contribution in [3.8, 4) is 11.3 Å². The predicted molar refractivity (Wildman–Crippen MR) is 125 cm³/mol. The van der Waals surface area contributed by atoms with Gasteiger partial charge in [0, 0.05) is 17.2 Å². The van der Waals surface area contributed by atoms with Crippen LogP contribution >= 0.6 is 0 Å². The third-order valence-electron chi connectivity index (χ3n) is 7.89. The van der Waals surface area contributed by atoms with Crippen LogP contribution in [0.2, 0.25) is 19.6 Å². The first-order chi connectivity index (χ1) is 13.0. The minimum Gasteiger partial charge on any atom is -0.201 e. The van der Waals surface area contributed by atoms with E-state index in [1.54, 1.807) is 0 Å². The molecule has 152 valence electrons. The molecule has 1 saturated carbocycles. The minimum absolute atomic E-state index is 0.262. The van der Waals surface area contributed by atoms with Crippen LogP contribution in [0.1, 0.15) is 69.6 Å². The molecule has 1 aromatic carbocycles. The van der Waals surface area contributed by atoms with Gasteiger partial charge in [0.15, 0.2) is 6.20 Å². The monoisotopic (exact) mass is 394 g/mol. The lowest BCUT2D eigenvalue weighted by atomic mass is 9.70. The van der Waals surface area contributed by atoms with Crippen LogP contribution in [0.3, 0.4) is 0 Å². The Hall–Kier alpha value is -1.41. The first-order valence-electron chi connectivity index (χ1n) is 11.1. The lowest BCUT2D eigenvalue weighted by molar-refractivity contribution is -0.661. The lowest BCUT2D eigenvalue weighted by Crippen LogP contribution is -2.46. The molecule has 0 saturated heterocycles. The van der Waals surface area contributed by atoms with Gasteiger partial charge >= 0.3 is 0 Å². The fourth-order valence-corrected chi connectivity index (χ4v) is 5.65. The molecular weight excluding hydrogens is 354 g/mol. The van der Waals surface area contributed by atoms with Gasteiger partial charge in [0.25, 0.3) is 0 Å². The molecule has 2 aromatic rings. The molecule has 0 bridgehead atoms. The van der Waals surface area contributed by atoms with E-state index in [0.29, 0.717) is 5.41 Å². The molecular formula is C26H40NSi+. The highest BCUT2D eigenvalue weighted by atomic mass is 28.3. The highest BCUT2D eigenvalue weighted by Crippen LogP contribution is 2.40. The van der Waals surface area contributed by atoms with E-state index in [1.165, 1.54) is 60.1 Å². The summed E-state index contributed by atoms with van der Waals surface area (Å²) in [5.41, 5.74) is 7.44. The van der Waals surface area contributed by atoms with Crippen LogP contribution < -0.4 is 4.57 Å². The number of aryl methyl sites for hydroxylation is 2. The van der Waals surface area contributed by atoms with Crippen molar-refractivity contribution in [2.24, 2.45) is 7.05 Å². The number of hydrogen-bond donors (Lipinski definition) is 0. The molecule has 0 unspecified atom stereocenters. The van der Waals surface area contributed by atoms with Crippen molar-refractivity contribution < 1.29 is 4.57 Å². The number of benzene rings is 1. The molecule has 1 fully saturated rings. The summed E-state index contributed by atoms with van der Waals surface area (Å²) in [7, 11) is 0.899. The Bertz CT molecular complexity index is 851. The van der Waals surface area contributed by atoms with Crippen molar-refractivity contribution in [3.05, 3.63) is 53.2 Å². The van der Waals surface area contributed by atoms with Gasteiger partial charge < -0.3 is 0 Å². The van der Waals surface area contributed by atoms with E-state index in [4.69, 9.17) is 0 Å². The predicted octanol–water partition coefficient (Wildman–Crippen LogP) is 6.86. The first kappa shape index (κ1) is 21.3. The van der Waals surface area contributed by atoms with Crippen molar-refractivity contribution in [1.29, 1.82) is 0 Å². The molecule has 0 atom stereocenters. The zero-order valence-electron chi connectivity index (χ0n) is 19.4. The van der Waals surface area contributed by atoms with Gasteiger partial charge in [-0.3, -0.25) is 0 Å². The zero-order chi connectivity index (χ0) is 20.7. The van der Waals surface area contributed by atoms with Crippen LogP contribution in [-0.4, -0.2) is 8.07 Å². The molecule has 0 N–H and O–H groups in total. The van der Waals surface area contributed by atoms with Gasteiger partial charge in [0.1, 0.15) is 7.05 Å². The van der Waals surface area contributed by atoms with E-state index < -0.39 is 8.07 Å². The summed E-state index contributed by atoms with van der Waals surface area (Å²) >= 11 is 0. The molecule has 1 aromatic heterocycles. The van der Waals surface area contributed by atoms with Gasteiger partial charge in [-0.2, -0.15) is 0 Å². The maximum atomic E-state index is 2.47. The molecule has 0 spiro atoms. The maximum absolute atomic E-state index is 2.47. The molecule has 0 aliphatic heterocycles. The Morgan fingerprint density at radius 2 is 1.61 bits per heavy atom. The third kappa shape index (κ3) is 3.85. The zero-order valence-corrected chi connectivity index (χ0v) is 20.4. The number of rotatable bonds is 4. The number of nitrogens with zero attached hydrogens (tertiary/aromatic N) is 1. The van der Waals surface area contributed by atoms with Crippen molar-refractivity contribution in [2.75, 3.05) is 0 Å². The number of hydrogen-bond acceptors (Lipinski definition) is 0. The molecule has 0 amide bonds. The smallest absolute Gasteiger partial charge is 0.201 e. The third-order valence-corrected chi connectivity index (χ3v) is 11.9. The van der Waals surface area contributed by atoms with Crippen LogP contribution in [0.15, 0.2) is 36.5 Å². The standard InChI is InChI=1S/C26H40NSi/c1-20-18-21(26(4)16-10-9-11-17-26)12-14-23(20)24-15-13-22(19-27(24)5)25(2,3)28(6,7)8/h12-15,18-19H,9-11,16-17H2,1-8H3/q+1. The second-order valence-electron chi connectivity index (χ2n) is 10.9. The Morgan fingerprint density at radius 1 is 0.964 bits per heavy atom. The Kier molecular flexibility index (Phi) is 5.66.